The lowest BCUT2D eigenvalue weighted by molar-refractivity contribution is 0.0917. The first-order valence-electron chi connectivity index (χ1n) is 11.8. The van der Waals surface area contributed by atoms with Crippen LogP contribution in [0.3, 0.4) is 0 Å². The summed E-state index contributed by atoms with van der Waals surface area (Å²) >= 11 is 0. The van der Waals surface area contributed by atoms with Crippen LogP contribution in [0, 0.1) is 0 Å². The molecule has 7 nitrogen and oxygen atoms in total. The molecule has 3 rings (SSSR count). The predicted octanol–water partition coefficient (Wildman–Crippen LogP) is 4.11. The molecule has 0 atom stereocenters. The number of methoxy groups -OCH3 is 1. The van der Waals surface area contributed by atoms with Gasteiger partial charge in [-0.2, -0.15) is 0 Å². The van der Waals surface area contributed by atoms with Crippen LogP contribution < -0.4 is 20.1 Å². The number of likely N-dealkylation sites (tertiary alicyclic amines) is 1. The molecule has 0 unspecified atom stereocenters. The second kappa shape index (κ2) is 11.8. The van der Waals surface area contributed by atoms with Crippen LogP contribution in [0.15, 0.2) is 18.2 Å². The fourth-order valence-electron chi connectivity index (χ4n) is 4.26. The third-order valence-electron chi connectivity index (χ3n) is 6.23. The molecule has 172 valence electrons. The zero-order valence-corrected chi connectivity index (χ0v) is 19.0. The molecule has 2 N–H and O–H groups in total. The number of benzene rings is 1. The normalized spacial score (nSPS) is 17.8. The first-order chi connectivity index (χ1) is 15.1. The van der Waals surface area contributed by atoms with E-state index in [1.165, 1.54) is 19.3 Å². The van der Waals surface area contributed by atoms with E-state index < -0.39 is 0 Å². The highest BCUT2D eigenvalue weighted by Gasteiger charge is 2.26. The molecule has 1 saturated carbocycles. The lowest BCUT2D eigenvalue weighted by Crippen LogP contribution is -2.51. The van der Waals surface area contributed by atoms with Gasteiger partial charge in [0.25, 0.3) is 5.91 Å². The van der Waals surface area contributed by atoms with E-state index >= 15 is 0 Å². The Hall–Kier alpha value is -2.44. The van der Waals surface area contributed by atoms with Crippen molar-refractivity contribution >= 4 is 11.9 Å². The van der Waals surface area contributed by atoms with Crippen LogP contribution >= 0.6 is 0 Å². The Kier molecular flexibility index (Phi) is 8.85. The average Bonchev–Trinajstić information content (AvgIpc) is 2.80. The third-order valence-corrected chi connectivity index (χ3v) is 6.23. The molecule has 1 aromatic carbocycles. The van der Waals surface area contributed by atoms with Gasteiger partial charge in [-0.25, -0.2) is 4.79 Å². The fraction of sp³-hybridized carbons (Fsp3) is 0.667. The maximum absolute atomic E-state index is 12.7. The molecule has 1 aliphatic heterocycles. The van der Waals surface area contributed by atoms with E-state index in [1.807, 2.05) is 4.90 Å². The number of carbonyl (C=O) groups excluding carboxylic acids is 2. The molecule has 1 aromatic rings. The van der Waals surface area contributed by atoms with Gasteiger partial charge in [0.15, 0.2) is 11.5 Å². The Labute approximate surface area is 185 Å². The van der Waals surface area contributed by atoms with Gasteiger partial charge in [0, 0.05) is 30.7 Å². The molecule has 2 fully saturated rings. The smallest absolute Gasteiger partial charge is 0.317 e. The number of amides is 3. The van der Waals surface area contributed by atoms with Crippen LogP contribution in [-0.2, 0) is 0 Å². The molecule has 0 aromatic heterocycles. The Balaban J connectivity index is 1.46. The van der Waals surface area contributed by atoms with Crippen molar-refractivity contribution in [3.8, 4) is 11.5 Å². The molecule has 1 heterocycles. The SMILES string of the molecule is CCCCOc1ccc(C(=O)NC2CCN(C(=O)NC3CCCCC3)CC2)cc1OC. The number of ether oxygens (including phenoxy) is 2. The van der Waals surface area contributed by atoms with Gasteiger partial charge in [0.1, 0.15) is 0 Å². The standard InChI is InChI=1S/C24H37N3O4/c1-3-4-16-31-21-11-10-18(17-22(21)30-2)23(28)25-20-12-14-27(15-13-20)24(29)26-19-8-6-5-7-9-19/h10-11,17,19-20H,3-9,12-16H2,1-2H3,(H,25,28)(H,26,29). The average molecular weight is 432 g/mol. The molecule has 7 heteroatoms. The number of hydrogen-bond acceptors (Lipinski definition) is 4. The summed E-state index contributed by atoms with van der Waals surface area (Å²) in [7, 11) is 1.58. The zero-order chi connectivity index (χ0) is 22.1. The van der Waals surface area contributed by atoms with E-state index in [2.05, 4.69) is 17.6 Å². The lowest BCUT2D eigenvalue weighted by Gasteiger charge is -2.34. The highest BCUT2D eigenvalue weighted by molar-refractivity contribution is 5.95. The summed E-state index contributed by atoms with van der Waals surface area (Å²) in [6.45, 7) is 4.07. The van der Waals surface area contributed by atoms with Gasteiger partial charge in [-0.05, 0) is 50.3 Å². The van der Waals surface area contributed by atoms with Crippen LogP contribution in [0.2, 0.25) is 0 Å². The van der Waals surface area contributed by atoms with Gasteiger partial charge in [-0.3, -0.25) is 4.79 Å². The molecule has 1 saturated heterocycles. The number of nitrogens with zero attached hydrogens (tertiary/aromatic N) is 1. The first-order valence-corrected chi connectivity index (χ1v) is 11.8. The van der Waals surface area contributed by atoms with E-state index in [0.29, 0.717) is 42.8 Å². The van der Waals surface area contributed by atoms with Crippen molar-refractivity contribution in [1.29, 1.82) is 0 Å². The Morgan fingerprint density at radius 3 is 2.39 bits per heavy atom. The predicted molar refractivity (Wildman–Crippen MR) is 121 cm³/mol. The van der Waals surface area contributed by atoms with E-state index in [9.17, 15) is 9.59 Å². The molecule has 0 spiro atoms. The van der Waals surface area contributed by atoms with Crippen molar-refractivity contribution in [3.63, 3.8) is 0 Å². The highest BCUT2D eigenvalue weighted by atomic mass is 16.5. The minimum Gasteiger partial charge on any atom is -0.493 e. The van der Waals surface area contributed by atoms with Crippen LogP contribution in [0.1, 0.15) is 75.1 Å². The zero-order valence-electron chi connectivity index (χ0n) is 19.0. The summed E-state index contributed by atoms with van der Waals surface area (Å²) in [5.74, 6) is 1.10. The molecular formula is C24H37N3O4. The monoisotopic (exact) mass is 431 g/mol. The molecular weight excluding hydrogens is 394 g/mol. The highest BCUT2D eigenvalue weighted by Crippen LogP contribution is 2.28. The van der Waals surface area contributed by atoms with E-state index in [4.69, 9.17) is 9.47 Å². The van der Waals surface area contributed by atoms with Gasteiger partial charge >= 0.3 is 6.03 Å². The topological polar surface area (TPSA) is 79.9 Å². The summed E-state index contributed by atoms with van der Waals surface area (Å²) in [5, 5.41) is 6.29. The second-order valence-electron chi connectivity index (χ2n) is 8.59. The van der Waals surface area contributed by atoms with Gasteiger partial charge < -0.3 is 25.0 Å². The number of nitrogens with one attached hydrogen (secondary N) is 2. The number of carbonyl (C=O) groups is 2. The Bertz CT molecular complexity index is 726. The van der Waals surface area contributed by atoms with Crippen LogP contribution in [-0.4, -0.2) is 55.7 Å². The molecule has 31 heavy (non-hydrogen) atoms. The van der Waals surface area contributed by atoms with Crippen molar-refractivity contribution in [2.24, 2.45) is 0 Å². The first kappa shape index (κ1) is 23.2. The fourth-order valence-corrected chi connectivity index (χ4v) is 4.26. The molecule has 0 radical (unpaired) electrons. The minimum absolute atomic E-state index is 0.0417. The van der Waals surface area contributed by atoms with E-state index in [-0.39, 0.29) is 18.0 Å². The maximum Gasteiger partial charge on any atom is 0.317 e. The lowest BCUT2D eigenvalue weighted by atomic mass is 9.95. The summed E-state index contributed by atoms with van der Waals surface area (Å²) in [5.41, 5.74) is 0.553. The van der Waals surface area contributed by atoms with Crippen LogP contribution in [0.4, 0.5) is 4.79 Å². The summed E-state index contributed by atoms with van der Waals surface area (Å²) < 4.78 is 11.1. The molecule has 1 aliphatic carbocycles. The minimum atomic E-state index is -0.122. The number of hydrogen-bond donors (Lipinski definition) is 2. The summed E-state index contributed by atoms with van der Waals surface area (Å²) in [6, 6.07) is 5.72. The second-order valence-corrected chi connectivity index (χ2v) is 8.59. The van der Waals surface area contributed by atoms with Crippen molar-refractivity contribution in [3.05, 3.63) is 23.8 Å². The molecule has 2 aliphatic rings. The molecule has 3 amide bonds. The number of piperidine rings is 1. The maximum atomic E-state index is 12.7. The van der Waals surface area contributed by atoms with Crippen LogP contribution in [0.25, 0.3) is 0 Å². The van der Waals surface area contributed by atoms with Crippen molar-refractivity contribution in [1.82, 2.24) is 15.5 Å². The largest absolute Gasteiger partial charge is 0.493 e. The third kappa shape index (κ3) is 6.77. The van der Waals surface area contributed by atoms with Crippen molar-refractivity contribution < 1.29 is 19.1 Å². The summed E-state index contributed by atoms with van der Waals surface area (Å²) in [6.07, 6.45) is 9.42. The van der Waals surface area contributed by atoms with Gasteiger partial charge in [-0.1, -0.05) is 32.6 Å². The van der Waals surface area contributed by atoms with Crippen molar-refractivity contribution in [2.75, 3.05) is 26.8 Å². The quantitative estimate of drug-likeness (QED) is 0.607. The van der Waals surface area contributed by atoms with E-state index in [1.54, 1.807) is 25.3 Å². The van der Waals surface area contributed by atoms with Gasteiger partial charge in [-0.15, -0.1) is 0 Å². The summed E-state index contributed by atoms with van der Waals surface area (Å²) in [4.78, 5) is 27.1. The Morgan fingerprint density at radius 1 is 1.00 bits per heavy atom. The van der Waals surface area contributed by atoms with E-state index in [0.717, 1.165) is 38.5 Å². The molecule has 0 bridgehead atoms. The Morgan fingerprint density at radius 2 is 1.71 bits per heavy atom. The number of urea groups is 1. The van der Waals surface area contributed by atoms with Crippen LogP contribution in [0.5, 0.6) is 11.5 Å². The number of rotatable bonds is 8. The number of unbranched alkanes of at least 4 members (excludes halogenated alkanes) is 1. The van der Waals surface area contributed by atoms with Crippen molar-refractivity contribution in [2.45, 2.75) is 76.8 Å². The van der Waals surface area contributed by atoms with Gasteiger partial charge in [0.05, 0.1) is 13.7 Å². The van der Waals surface area contributed by atoms with Gasteiger partial charge in [0.2, 0.25) is 0 Å².